The van der Waals surface area contributed by atoms with Gasteiger partial charge in [-0.1, -0.05) is 35.9 Å². The fraction of sp³-hybridized carbons (Fsp3) is 0.118. The van der Waals surface area contributed by atoms with Gasteiger partial charge in [0.05, 0.1) is 12.1 Å². The summed E-state index contributed by atoms with van der Waals surface area (Å²) >= 11 is 7.51. The SMILES string of the molecule is COc1ccc(COC(=O)c2sc3ccccc3c2Cl)cc1F. The standard InChI is InChI=1S/C17H12ClFO3S/c1-21-13-7-6-10(8-12(13)19)9-22-17(20)16-15(18)11-4-2-3-5-14(11)23-16/h2-8H,9H2,1H3. The second-order valence-corrected chi connectivity index (χ2v) is 6.22. The largest absolute Gasteiger partial charge is 0.494 e. The molecule has 0 aliphatic rings. The average molecular weight is 351 g/mol. The molecule has 1 aromatic heterocycles. The van der Waals surface area contributed by atoms with Gasteiger partial charge in [0.2, 0.25) is 0 Å². The molecular weight excluding hydrogens is 339 g/mol. The molecule has 3 rings (SSSR count). The summed E-state index contributed by atoms with van der Waals surface area (Å²) in [5, 5.41) is 1.21. The third-order valence-electron chi connectivity index (χ3n) is 3.31. The van der Waals surface area contributed by atoms with E-state index in [4.69, 9.17) is 21.1 Å². The van der Waals surface area contributed by atoms with E-state index in [0.29, 0.717) is 15.5 Å². The van der Waals surface area contributed by atoms with Crippen molar-refractivity contribution in [3.63, 3.8) is 0 Å². The van der Waals surface area contributed by atoms with Crippen molar-refractivity contribution in [2.75, 3.05) is 7.11 Å². The van der Waals surface area contributed by atoms with Gasteiger partial charge in [-0.05, 0) is 23.8 Å². The Kier molecular flexibility index (Phi) is 4.50. The first-order valence-electron chi connectivity index (χ1n) is 6.76. The van der Waals surface area contributed by atoms with Gasteiger partial charge in [-0.15, -0.1) is 11.3 Å². The first-order valence-corrected chi connectivity index (χ1v) is 7.96. The molecule has 0 amide bonds. The molecule has 0 atom stereocenters. The molecule has 0 bridgehead atoms. The number of rotatable bonds is 4. The van der Waals surface area contributed by atoms with Crippen LogP contribution in [0.4, 0.5) is 4.39 Å². The molecule has 0 fully saturated rings. The molecule has 0 aliphatic heterocycles. The monoisotopic (exact) mass is 350 g/mol. The van der Waals surface area contributed by atoms with Crippen LogP contribution in [0.5, 0.6) is 5.75 Å². The molecular formula is C17H12ClFO3S. The first kappa shape index (κ1) is 15.8. The Hall–Kier alpha value is -2.11. The number of ether oxygens (including phenoxy) is 2. The third kappa shape index (κ3) is 3.16. The molecule has 3 nitrogen and oxygen atoms in total. The summed E-state index contributed by atoms with van der Waals surface area (Å²) in [6.07, 6.45) is 0. The molecule has 1 heterocycles. The van der Waals surface area contributed by atoms with Gasteiger partial charge in [0.15, 0.2) is 11.6 Å². The predicted octanol–water partition coefficient (Wildman–Crippen LogP) is 5.06. The van der Waals surface area contributed by atoms with Gasteiger partial charge < -0.3 is 9.47 Å². The van der Waals surface area contributed by atoms with Crippen molar-refractivity contribution in [2.24, 2.45) is 0 Å². The lowest BCUT2D eigenvalue weighted by molar-refractivity contribution is 0.0478. The Morgan fingerprint density at radius 2 is 2.04 bits per heavy atom. The fourth-order valence-corrected chi connectivity index (χ4v) is 3.56. The van der Waals surface area contributed by atoms with E-state index >= 15 is 0 Å². The zero-order chi connectivity index (χ0) is 16.4. The Bertz CT molecular complexity index is 875. The van der Waals surface area contributed by atoms with E-state index in [1.165, 1.54) is 30.6 Å². The number of hydrogen-bond donors (Lipinski definition) is 0. The van der Waals surface area contributed by atoms with Gasteiger partial charge in [0.1, 0.15) is 11.5 Å². The molecule has 23 heavy (non-hydrogen) atoms. The highest BCUT2D eigenvalue weighted by molar-refractivity contribution is 7.21. The summed E-state index contributed by atoms with van der Waals surface area (Å²) in [5.74, 6) is -0.874. The van der Waals surface area contributed by atoms with Gasteiger partial charge in [0.25, 0.3) is 0 Å². The van der Waals surface area contributed by atoms with Gasteiger partial charge in [0, 0.05) is 10.1 Å². The molecule has 0 saturated heterocycles. The lowest BCUT2D eigenvalue weighted by Crippen LogP contribution is -2.04. The Morgan fingerprint density at radius 3 is 2.74 bits per heavy atom. The zero-order valence-electron chi connectivity index (χ0n) is 12.1. The average Bonchev–Trinajstić information content (AvgIpc) is 2.90. The molecule has 0 saturated carbocycles. The predicted molar refractivity (Wildman–Crippen MR) is 88.9 cm³/mol. The number of thiophene rings is 1. The third-order valence-corrected chi connectivity index (χ3v) is 4.96. The van der Waals surface area contributed by atoms with Crippen molar-refractivity contribution in [2.45, 2.75) is 6.61 Å². The zero-order valence-corrected chi connectivity index (χ0v) is 13.7. The van der Waals surface area contributed by atoms with Gasteiger partial charge in [-0.3, -0.25) is 0 Å². The summed E-state index contributed by atoms with van der Waals surface area (Å²) < 4.78 is 24.6. The van der Waals surface area contributed by atoms with Crippen LogP contribution < -0.4 is 4.74 Å². The molecule has 0 spiro atoms. The van der Waals surface area contributed by atoms with Gasteiger partial charge >= 0.3 is 5.97 Å². The quantitative estimate of drug-likeness (QED) is 0.617. The Balaban J connectivity index is 1.76. The number of hydrogen-bond acceptors (Lipinski definition) is 4. The van der Waals surface area contributed by atoms with Crippen LogP contribution in [0.25, 0.3) is 10.1 Å². The number of fused-ring (bicyclic) bond motifs is 1. The van der Waals surface area contributed by atoms with E-state index in [-0.39, 0.29) is 12.4 Å². The minimum absolute atomic E-state index is 0.0374. The number of halogens is 2. The van der Waals surface area contributed by atoms with Crippen LogP contribution in [0.15, 0.2) is 42.5 Å². The van der Waals surface area contributed by atoms with Crippen molar-refractivity contribution in [3.8, 4) is 5.75 Å². The van der Waals surface area contributed by atoms with Crippen LogP contribution >= 0.6 is 22.9 Å². The first-order chi connectivity index (χ1) is 11.1. The maximum absolute atomic E-state index is 13.6. The van der Waals surface area contributed by atoms with Crippen molar-refractivity contribution in [1.29, 1.82) is 0 Å². The van der Waals surface area contributed by atoms with Crippen molar-refractivity contribution >= 4 is 39.0 Å². The number of methoxy groups -OCH3 is 1. The minimum Gasteiger partial charge on any atom is -0.494 e. The highest BCUT2D eigenvalue weighted by Crippen LogP contribution is 2.35. The fourth-order valence-electron chi connectivity index (χ4n) is 2.16. The Morgan fingerprint density at radius 1 is 1.26 bits per heavy atom. The molecule has 0 radical (unpaired) electrons. The number of esters is 1. The molecule has 0 N–H and O–H groups in total. The van der Waals surface area contributed by atoms with E-state index in [1.807, 2.05) is 24.3 Å². The molecule has 0 unspecified atom stereocenters. The topological polar surface area (TPSA) is 35.5 Å². The van der Waals surface area contributed by atoms with E-state index < -0.39 is 11.8 Å². The van der Waals surface area contributed by atoms with Crippen molar-refractivity contribution < 1.29 is 18.7 Å². The van der Waals surface area contributed by atoms with Crippen LogP contribution in [0, 0.1) is 5.82 Å². The highest BCUT2D eigenvalue weighted by atomic mass is 35.5. The van der Waals surface area contributed by atoms with Crippen LogP contribution in [-0.4, -0.2) is 13.1 Å². The molecule has 2 aromatic carbocycles. The summed E-state index contributed by atoms with van der Waals surface area (Å²) in [6.45, 7) is -0.0374. The summed E-state index contributed by atoms with van der Waals surface area (Å²) in [6, 6.07) is 11.9. The number of carbonyl (C=O) groups is 1. The molecule has 118 valence electrons. The summed E-state index contributed by atoms with van der Waals surface area (Å²) in [4.78, 5) is 12.6. The van der Waals surface area contributed by atoms with Gasteiger partial charge in [-0.25, -0.2) is 9.18 Å². The van der Waals surface area contributed by atoms with Crippen LogP contribution in [0.2, 0.25) is 5.02 Å². The maximum Gasteiger partial charge on any atom is 0.350 e. The van der Waals surface area contributed by atoms with Crippen molar-refractivity contribution in [3.05, 3.63) is 63.7 Å². The number of carbonyl (C=O) groups excluding carboxylic acids is 1. The van der Waals surface area contributed by atoms with Crippen LogP contribution in [0.1, 0.15) is 15.2 Å². The number of benzene rings is 2. The van der Waals surface area contributed by atoms with Gasteiger partial charge in [-0.2, -0.15) is 0 Å². The van der Waals surface area contributed by atoms with Crippen molar-refractivity contribution in [1.82, 2.24) is 0 Å². The van der Waals surface area contributed by atoms with E-state index in [2.05, 4.69) is 0 Å². The molecule has 0 aliphatic carbocycles. The van der Waals surface area contributed by atoms with E-state index in [0.717, 1.165) is 10.1 Å². The summed E-state index contributed by atoms with van der Waals surface area (Å²) in [7, 11) is 1.39. The van der Waals surface area contributed by atoms with E-state index in [9.17, 15) is 9.18 Å². The second-order valence-electron chi connectivity index (χ2n) is 4.79. The summed E-state index contributed by atoms with van der Waals surface area (Å²) in [5.41, 5.74) is 0.536. The maximum atomic E-state index is 13.6. The highest BCUT2D eigenvalue weighted by Gasteiger charge is 2.18. The lowest BCUT2D eigenvalue weighted by Gasteiger charge is -2.06. The smallest absolute Gasteiger partial charge is 0.350 e. The normalized spacial score (nSPS) is 10.7. The molecule has 6 heteroatoms. The van der Waals surface area contributed by atoms with E-state index in [1.54, 1.807) is 6.07 Å². The van der Waals surface area contributed by atoms with Crippen LogP contribution in [-0.2, 0) is 11.3 Å². The lowest BCUT2D eigenvalue weighted by atomic mass is 10.2. The minimum atomic E-state index is -0.521. The Labute approximate surface area is 141 Å². The second kappa shape index (κ2) is 6.56. The van der Waals surface area contributed by atoms with Crippen LogP contribution in [0.3, 0.4) is 0 Å². The molecule has 3 aromatic rings.